The molecular weight excluding hydrogens is 212 g/mol. The molecule has 17 heavy (non-hydrogen) atoms. The maximum Gasteiger partial charge on any atom is 0.242 e. The minimum Gasteiger partial charge on any atom is -0.338 e. The molecule has 1 rings (SSSR count). The van der Waals surface area contributed by atoms with Crippen LogP contribution in [0.4, 0.5) is 0 Å². The summed E-state index contributed by atoms with van der Waals surface area (Å²) in [5.41, 5.74) is -0.834. The van der Waals surface area contributed by atoms with Crippen molar-refractivity contribution in [2.45, 2.75) is 59.4 Å². The van der Waals surface area contributed by atoms with Crippen molar-refractivity contribution in [3.8, 4) is 6.07 Å². The van der Waals surface area contributed by atoms with Crippen LogP contribution in [0.3, 0.4) is 0 Å². The second kappa shape index (κ2) is 5.53. The van der Waals surface area contributed by atoms with Crippen molar-refractivity contribution in [2.75, 3.05) is 6.54 Å². The van der Waals surface area contributed by atoms with E-state index in [0.717, 1.165) is 25.8 Å². The Bertz CT molecular complexity index is 315. The number of hydrogen-bond acceptors (Lipinski definition) is 2. The Morgan fingerprint density at radius 3 is 2.47 bits per heavy atom. The van der Waals surface area contributed by atoms with Crippen LogP contribution in [-0.2, 0) is 4.79 Å². The largest absolute Gasteiger partial charge is 0.338 e. The number of carbonyl (C=O) groups excluding carboxylic acids is 1. The van der Waals surface area contributed by atoms with E-state index >= 15 is 0 Å². The van der Waals surface area contributed by atoms with Crippen molar-refractivity contribution in [2.24, 2.45) is 11.3 Å². The summed E-state index contributed by atoms with van der Waals surface area (Å²) in [6.07, 6.45) is 3.82. The molecule has 1 aliphatic carbocycles. The molecule has 0 radical (unpaired) electrons. The summed E-state index contributed by atoms with van der Waals surface area (Å²) in [6.45, 7) is 8.81. The van der Waals surface area contributed by atoms with Crippen molar-refractivity contribution in [1.82, 2.24) is 4.90 Å². The molecule has 0 heterocycles. The van der Waals surface area contributed by atoms with Gasteiger partial charge in [0.05, 0.1) is 6.07 Å². The van der Waals surface area contributed by atoms with E-state index in [4.69, 9.17) is 0 Å². The van der Waals surface area contributed by atoms with Crippen molar-refractivity contribution < 1.29 is 4.79 Å². The van der Waals surface area contributed by atoms with Crippen molar-refractivity contribution in [1.29, 1.82) is 5.26 Å². The summed E-state index contributed by atoms with van der Waals surface area (Å²) < 4.78 is 0. The molecule has 0 aromatic carbocycles. The molecule has 0 saturated heterocycles. The zero-order valence-electron chi connectivity index (χ0n) is 11.5. The lowest BCUT2D eigenvalue weighted by molar-refractivity contribution is -0.139. The summed E-state index contributed by atoms with van der Waals surface area (Å²) in [5, 5.41) is 9.19. The van der Waals surface area contributed by atoms with E-state index < -0.39 is 5.41 Å². The first kappa shape index (κ1) is 14.0. The fourth-order valence-corrected chi connectivity index (χ4v) is 1.83. The lowest BCUT2D eigenvalue weighted by Gasteiger charge is -2.30. The third-order valence-corrected chi connectivity index (χ3v) is 3.62. The SMILES string of the molecule is CCC(C)(C#N)C(=O)N(CCC(C)C)C1CC1. The highest BCUT2D eigenvalue weighted by Gasteiger charge is 2.41. The Hall–Kier alpha value is -1.04. The van der Waals surface area contributed by atoms with Gasteiger partial charge in [0.25, 0.3) is 0 Å². The fraction of sp³-hybridized carbons (Fsp3) is 0.857. The van der Waals surface area contributed by atoms with Crippen molar-refractivity contribution >= 4 is 5.91 Å². The van der Waals surface area contributed by atoms with Crippen LogP contribution in [0.2, 0.25) is 0 Å². The molecule has 0 N–H and O–H groups in total. The molecule has 1 atom stereocenters. The first-order valence-corrected chi connectivity index (χ1v) is 6.67. The van der Waals surface area contributed by atoms with Crippen molar-refractivity contribution in [3.05, 3.63) is 0 Å². The van der Waals surface area contributed by atoms with E-state index in [2.05, 4.69) is 19.9 Å². The van der Waals surface area contributed by atoms with Gasteiger partial charge in [0.2, 0.25) is 5.91 Å². The summed E-state index contributed by atoms with van der Waals surface area (Å²) in [4.78, 5) is 14.4. The number of amides is 1. The summed E-state index contributed by atoms with van der Waals surface area (Å²) in [7, 11) is 0. The summed E-state index contributed by atoms with van der Waals surface area (Å²) in [5.74, 6) is 0.629. The zero-order chi connectivity index (χ0) is 13.1. The maximum atomic E-state index is 12.4. The molecule has 0 aliphatic heterocycles. The van der Waals surface area contributed by atoms with Gasteiger partial charge in [0.15, 0.2) is 0 Å². The molecule has 1 aliphatic rings. The van der Waals surface area contributed by atoms with Gasteiger partial charge in [-0.2, -0.15) is 5.26 Å². The van der Waals surface area contributed by atoms with Crippen LogP contribution in [0.25, 0.3) is 0 Å². The summed E-state index contributed by atoms with van der Waals surface area (Å²) >= 11 is 0. The van der Waals surface area contributed by atoms with Gasteiger partial charge in [-0.05, 0) is 38.5 Å². The van der Waals surface area contributed by atoms with Gasteiger partial charge in [-0.25, -0.2) is 0 Å². The van der Waals surface area contributed by atoms with Crippen LogP contribution < -0.4 is 0 Å². The lowest BCUT2D eigenvalue weighted by atomic mass is 9.87. The Balaban J connectivity index is 2.70. The topological polar surface area (TPSA) is 44.1 Å². The Labute approximate surface area is 105 Å². The number of rotatable bonds is 6. The van der Waals surface area contributed by atoms with Crippen LogP contribution in [0, 0.1) is 22.7 Å². The predicted octanol–water partition coefficient (Wildman–Crippen LogP) is 2.96. The average molecular weight is 236 g/mol. The first-order valence-electron chi connectivity index (χ1n) is 6.67. The Kier molecular flexibility index (Phi) is 4.56. The minimum absolute atomic E-state index is 0.0330. The number of hydrogen-bond donors (Lipinski definition) is 0. The molecule has 0 bridgehead atoms. The molecule has 3 nitrogen and oxygen atoms in total. The molecule has 0 aromatic heterocycles. The molecule has 96 valence electrons. The van der Waals surface area contributed by atoms with Gasteiger partial charge < -0.3 is 4.90 Å². The van der Waals surface area contributed by atoms with Crippen LogP contribution in [0.5, 0.6) is 0 Å². The van der Waals surface area contributed by atoms with E-state index in [1.165, 1.54) is 0 Å². The molecule has 1 saturated carbocycles. The monoisotopic (exact) mass is 236 g/mol. The quantitative estimate of drug-likeness (QED) is 0.711. The van der Waals surface area contributed by atoms with Gasteiger partial charge in [0.1, 0.15) is 5.41 Å². The lowest BCUT2D eigenvalue weighted by Crippen LogP contribution is -2.43. The second-order valence-corrected chi connectivity index (χ2v) is 5.71. The van der Waals surface area contributed by atoms with E-state index in [0.29, 0.717) is 18.4 Å². The highest BCUT2D eigenvalue weighted by Crippen LogP contribution is 2.33. The van der Waals surface area contributed by atoms with Crippen molar-refractivity contribution in [3.63, 3.8) is 0 Å². The summed E-state index contributed by atoms with van der Waals surface area (Å²) in [6, 6.07) is 2.59. The fourth-order valence-electron chi connectivity index (χ4n) is 1.83. The smallest absolute Gasteiger partial charge is 0.242 e. The molecule has 0 aromatic rings. The second-order valence-electron chi connectivity index (χ2n) is 5.71. The average Bonchev–Trinajstić information content (AvgIpc) is 3.12. The van der Waals surface area contributed by atoms with E-state index in [1.54, 1.807) is 6.92 Å². The molecule has 0 spiro atoms. The number of nitrogens with zero attached hydrogens (tertiary/aromatic N) is 2. The molecule has 1 fully saturated rings. The van der Waals surface area contributed by atoms with E-state index in [-0.39, 0.29) is 5.91 Å². The van der Waals surface area contributed by atoms with Gasteiger partial charge in [-0.3, -0.25) is 4.79 Å². The van der Waals surface area contributed by atoms with Crippen LogP contribution in [0.1, 0.15) is 53.4 Å². The van der Waals surface area contributed by atoms with Crippen LogP contribution >= 0.6 is 0 Å². The molecule has 3 heteroatoms. The first-order chi connectivity index (χ1) is 7.94. The third kappa shape index (κ3) is 3.46. The highest BCUT2D eigenvalue weighted by atomic mass is 16.2. The molecule has 1 amide bonds. The normalized spacial score (nSPS) is 18.6. The Morgan fingerprint density at radius 2 is 2.12 bits per heavy atom. The predicted molar refractivity (Wildman–Crippen MR) is 68.2 cm³/mol. The van der Waals surface area contributed by atoms with Gasteiger partial charge in [0, 0.05) is 12.6 Å². The highest BCUT2D eigenvalue weighted by molar-refractivity contribution is 5.85. The van der Waals surface area contributed by atoms with Gasteiger partial charge in [-0.15, -0.1) is 0 Å². The van der Waals surface area contributed by atoms with Crippen LogP contribution in [0.15, 0.2) is 0 Å². The minimum atomic E-state index is -0.834. The number of nitriles is 1. The van der Waals surface area contributed by atoms with E-state index in [1.807, 2.05) is 11.8 Å². The van der Waals surface area contributed by atoms with Gasteiger partial charge in [-0.1, -0.05) is 20.8 Å². The molecular formula is C14H24N2O. The van der Waals surface area contributed by atoms with E-state index in [9.17, 15) is 10.1 Å². The van der Waals surface area contributed by atoms with Gasteiger partial charge >= 0.3 is 0 Å². The zero-order valence-corrected chi connectivity index (χ0v) is 11.5. The standard InChI is InChI=1S/C14H24N2O/c1-5-14(4,10-15)13(17)16(12-6-7-12)9-8-11(2)3/h11-12H,5-9H2,1-4H3. The molecule has 1 unspecified atom stereocenters. The Morgan fingerprint density at radius 1 is 1.53 bits per heavy atom. The van der Waals surface area contributed by atoms with Crippen LogP contribution in [-0.4, -0.2) is 23.4 Å². The number of carbonyl (C=O) groups is 1. The third-order valence-electron chi connectivity index (χ3n) is 3.62. The maximum absolute atomic E-state index is 12.4.